The van der Waals surface area contributed by atoms with Gasteiger partial charge in [-0.05, 0) is 67.1 Å². The Labute approximate surface area is 193 Å². The second-order valence-corrected chi connectivity index (χ2v) is 7.48. The molecule has 7 nitrogen and oxygen atoms in total. The number of carbonyl (C=O) groups excluding carboxylic acids is 1. The van der Waals surface area contributed by atoms with Gasteiger partial charge in [0.25, 0.3) is 5.91 Å². The number of allylic oxidation sites excluding steroid dienone is 1. The minimum atomic E-state index is -0.377. The summed E-state index contributed by atoms with van der Waals surface area (Å²) in [7, 11) is 0. The minimum Gasteiger partial charge on any atom is -0.338 e. The van der Waals surface area contributed by atoms with Crippen LogP contribution in [0.5, 0.6) is 0 Å². The predicted molar refractivity (Wildman–Crippen MR) is 127 cm³/mol. The first kappa shape index (κ1) is 22.0. The Morgan fingerprint density at radius 3 is 2.73 bits per heavy atom. The Bertz CT molecular complexity index is 1360. The van der Waals surface area contributed by atoms with E-state index in [4.69, 9.17) is 17.0 Å². The van der Waals surface area contributed by atoms with Crippen molar-refractivity contribution in [3.63, 3.8) is 0 Å². The molecule has 164 valence electrons. The van der Waals surface area contributed by atoms with Crippen molar-refractivity contribution in [1.29, 1.82) is 5.41 Å². The molecule has 0 aliphatic carbocycles. The number of aromatic amines is 1. The number of halogens is 2. The van der Waals surface area contributed by atoms with E-state index in [2.05, 4.69) is 25.3 Å². The maximum Gasteiger partial charge on any atom is 0.258 e. The molecule has 4 aromatic rings. The SMILES string of the molecule is Cc1cc(-c2nc(/C=C\C=N)[nH]c2-c2ccnc(NC(=O)c3ccc(Cl)nc3)c2)ccc1F. The number of nitrogens with one attached hydrogen (secondary N) is 3. The number of nitrogens with zero attached hydrogens (tertiary/aromatic N) is 3. The molecule has 3 N–H and O–H groups in total. The molecule has 0 aliphatic heterocycles. The fourth-order valence-electron chi connectivity index (χ4n) is 3.17. The number of hydrogen-bond acceptors (Lipinski definition) is 5. The highest BCUT2D eigenvalue weighted by Gasteiger charge is 2.16. The van der Waals surface area contributed by atoms with E-state index in [0.717, 1.165) is 11.8 Å². The van der Waals surface area contributed by atoms with E-state index in [0.29, 0.717) is 44.9 Å². The Morgan fingerprint density at radius 1 is 1.15 bits per heavy atom. The molecular weight excluding hydrogens is 443 g/mol. The second kappa shape index (κ2) is 9.54. The van der Waals surface area contributed by atoms with Crippen molar-refractivity contribution in [3.05, 3.63) is 88.9 Å². The zero-order chi connectivity index (χ0) is 23.4. The average Bonchev–Trinajstić information content (AvgIpc) is 3.24. The summed E-state index contributed by atoms with van der Waals surface area (Å²) in [4.78, 5) is 28.5. The second-order valence-electron chi connectivity index (χ2n) is 7.09. The van der Waals surface area contributed by atoms with Crippen molar-refractivity contribution in [2.45, 2.75) is 6.92 Å². The lowest BCUT2D eigenvalue weighted by Crippen LogP contribution is -2.13. The van der Waals surface area contributed by atoms with Crippen LogP contribution in [0.2, 0.25) is 5.15 Å². The number of H-pyrrole nitrogens is 1. The predicted octanol–water partition coefficient (Wildman–Crippen LogP) is 5.55. The van der Waals surface area contributed by atoms with E-state index < -0.39 is 0 Å². The highest BCUT2D eigenvalue weighted by atomic mass is 35.5. The van der Waals surface area contributed by atoms with E-state index in [1.165, 1.54) is 18.3 Å². The van der Waals surface area contributed by atoms with Gasteiger partial charge < -0.3 is 15.7 Å². The topological polar surface area (TPSA) is 107 Å². The Hall–Kier alpha value is -4.17. The molecule has 3 heterocycles. The monoisotopic (exact) mass is 460 g/mol. The van der Waals surface area contributed by atoms with Crippen LogP contribution in [0.4, 0.5) is 10.2 Å². The first-order chi connectivity index (χ1) is 15.9. The molecule has 0 radical (unpaired) electrons. The number of hydrogen-bond donors (Lipinski definition) is 3. The molecular formula is C24H18ClFN6O. The van der Waals surface area contributed by atoms with Gasteiger partial charge in [0.2, 0.25) is 0 Å². The summed E-state index contributed by atoms with van der Waals surface area (Å²) < 4.78 is 13.8. The number of pyridine rings is 2. The Balaban J connectivity index is 1.72. The maximum absolute atomic E-state index is 13.8. The summed E-state index contributed by atoms with van der Waals surface area (Å²) in [5.41, 5.74) is 3.55. The van der Waals surface area contributed by atoms with E-state index in [1.807, 2.05) is 0 Å². The van der Waals surface area contributed by atoms with Crippen LogP contribution in [-0.4, -0.2) is 32.1 Å². The minimum absolute atomic E-state index is 0.294. The third kappa shape index (κ3) is 5.02. The zero-order valence-electron chi connectivity index (χ0n) is 17.4. The van der Waals surface area contributed by atoms with Crippen LogP contribution in [-0.2, 0) is 0 Å². The van der Waals surface area contributed by atoms with E-state index >= 15 is 0 Å². The van der Waals surface area contributed by atoms with Gasteiger partial charge in [-0.25, -0.2) is 19.3 Å². The van der Waals surface area contributed by atoms with Crippen LogP contribution in [0, 0.1) is 18.2 Å². The lowest BCUT2D eigenvalue weighted by atomic mass is 10.0. The highest BCUT2D eigenvalue weighted by molar-refractivity contribution is 6.29. The Kier molecular flexibility index (Phi) is 6.37. The van der Waals surface area contributed by atoms with Gasteiger partial charge in [-0.2, -0.15) is 0 Å². The summed E-state index contributed by atoms with van der Waals surface area (Å²) in [6.07, 6.45) is 7.30. The van der Waals surface area contributed by atoms with Gasteiger partial charge in [0.1, 0.15) is 22.6 Å². The van der Waals surface area contributed by atoms with Crippen molar-refractivity contribution in [2.24, 2.45) is 0 Å². The molecule has 0 atom stereocenters. The van der Waals surface area contributed by atoms with Crippen LogP contribution >= 0.6 is 11.6 Å². The first-order valence-electron chi connectivity index (χ1n) is 9.87. The van der Waals surface area contributed by atoms with Crippen LogP contribution in [0.15, 0.2) is 60.9 Å². The van der Waals surface area contributed by atoms with Gasteiger partial charge in [0.15, 0.2) is 0 Å². The third-order valence-corrected chi connectivity index (χ3v) is 5.01. The van der Waals surface area contributed by atoms with E-state index in [1.54, 1.807) is 55.6 Å². The summed E-state index contributed by atoms with van der Waals surface area (Å²) in [6, 6.07) is 11.4. The smallest absolute Gasteiger partial charge is 0.258 e. The quantitative estimate of drug-likeness (QED) is 0.259. The number of benzene rings is 1. The molecule has 1 aromatic carbocycles. The average molecular weight is 461 g/mol. The number of aryl methyl sites for hydroxylation is 1. The maximum atomic E-state index is 13.8. The van der Waals surface area contributed by atoms with Crippen molar-refractivity contribution >= 4 is 35.6 Å². The zero-order valence-corrected chi connectivity index (χ0v) is 18.2. The Morgan fingerprint density at radius 2 is 2.00 bits per heavy atom. The molecule has 0 saturated carbocycles. The van der Waals surface area contributed by atoms with Gasteiger partial charge in [-0.1, -0.05) is 11.6 Å². The molecule has 0 aliphatic rings. The number of aromatic nitrogens is 4. The van der Waals surface area contributed by atoms with Gasteiger partial charge in [-0.3, -0.25) is 4.79 Å². The molecule has 3 aromatic heterocycles. The number of amides is 1. The van der Waals surface area contributed by atoms with Gasteiger partial charge in [0, 0.05) is 29.7 Å². The molecule has 1 amide bonds. The van der Waals surface area contributed by atoms with Crippen LogP contribution < -0.4 is 5.32 Å². The van der Waals surface area contributed by atoms with Crippen molar-refractivity contribution in [2.75, 3.05) is 5.32 Å². The number of anilines is 1. The molecule has 0 spiro atoms. The number of carbonyl (C=O) groups is 1. The largest absolute Gasteiger partial charge is 0.338 e. The van der Waals surface area contributed by atoms with Crippen molar-refractivity contribution in [3.8, 4) is 22.5 Å². The van der Waals surface area contributed by atoms with Crippen molar-refractivity contribution in [1.82, 2.24) is 19.9 Å². The number of imidazole rings is 1. The number of rotatable bonds is 6. The fourth-order valence-corrected chi connectivity index (χ4v) is 3.28. The van der Waals surface area contributed by atoms with Crippen LogP contribution in [0.1, 0.15) is 21.7 Å². The van der Waals surface area contributed by atoms with Crippen molar-refractivity contribution < 1.29 is 9.18 Å². The van der Waals surface area contributed by atoms with Crippen LogP contribution in [0.3, 0.4) is 0 Å². The molecule has 0 fully saturated rings. The lowest BCUT2D eigenvalue weighted by molar-refractivity contribution is 0.102. The molecule has 0 bridgehead atoms. The van der Waals surface area contributed by atoms with E-state index in [9.17, 15) is 9.18 Å². The third-order valence-electron chi connectivity index (χ3n) is 4.78. The van der Waals surface area contributed by atoms with E-state index in [-0.39, 0.29) is 11.7 Å². The van der Waals surface area contributed by atoms with Gasteiger partial charge in [-0.15, -0.1) is 0 Å². The van der Waals surface area contributed by atoms with Gasteiger partial charge in [0.05, 0.1) is 17.0 Å². The van der Waals surface area contributed by atoms with Gasteiger partial charge >= 0.3 is 0 Å². The molecule has 0 unspecified atom stereocenters. The molecule has 9 heteroatoms. The molecule has 4 rings (SSSR count). The standard InChI is InChI=1S/C24H18ClFN6O/c1-14-11-15(4-6-18(14)26)22-23(31-20(30-22)3-2-9-27)16-8-10-28-21(12-16)32-24(33)17-5-7-19(25)29-13-17/h2-13,27H,1H3,(H,30,31)(H,28,32,33)/b3-2-,27-9?. The molecule has 33 heavy (non-hydrogen) atoms. The van der Waals surface area contributed by atoms with Crippen LogP contribution in [0.25, 0.3) is 28.6 Å². The first-order valence-corrected chi connectivity index (χ1v) is 10.3. The highest BCUT2D eigenvalue weighted by Crippen LogP contribution is 2.32. The summed E-state index contributed by atoms with van der Waals surface area (Å²) >= 11 is 5.78. The normalized spacial score (nSPS) is 11.0. The molecule has 0 saturated heterocycles. The summed E-state index contributed by atoms with van der Waals surface area (Å²) in [5.74, 6) is 0.183. The lowest BCUT2D eigenvalue weighted by Gasteiger charge is -2.08. The summed E-state index contributed by atoms with van der Waals surface area (Å²) in [6.45, 7) is 1.69. The summed E-state index contributed by atoms with van der Waals surface area (Å²) in [5, 5.41) is 10.3. The fraction of sp³-hybridized carbons (Fsp3) is 0.0417.